The summed E-state index contributed by atoms with van der Waals surface area (Å²) in [6.45, 7) is 5.95. The molecule has 0 N–H and O–H groups in total. The van der Waals surface area contributed by atoms with Crippen LogP contribution in [0.1, 0.15) is 24.3 Å². The summed E-state index contributed by atoms with van der Waals surface area (Å²) < 4.78 is 7.29. The first-order chi connectivity index (χ1) is 13.5. The zero-order valence-electron chi connectivity index (χ0n) is 16.1. The molecule has 1 aliphatic heterocycles. The molecular formula is C21H23N3O3S. The van der Waals surface area contributed by atoms with Gasteiger partial charge in [-0.1, -0.05) is 32.0 Å². The minimum atomic E-state index is -0.0443. The van der Waals surface area contributed by atoms with Crippen LogP contribution in [0.25, 0.3) is 10.2 Å². The van der Waals surface area contributed by atoms with Crippen LogP contribution < -0.4 is 10.3 Å². The number of rotatable bonds is 5. The molecule has 4 rings (SSSR count). The Morgan fingerprint density at radius 2 is 2.07 bits per heavy atom. The van der Waals surface area contributed by atoms with Crippen molar-refractivity contribution in [2.45, 2.75) is 33.4 Å². The summed E-state index contributed by atoms with van der Waals surface area (Å²) in [6, 6.07) is 9.33. The number of ether oxygens (including phenoxy) is 1. The molecule has 1 aliphatic rings. The average molecular weight is 398 g/mol. The molecule has 0 fully saturated rings. The Hall–Kier alpha value is -2.67. The lowest BCUT2D eigenvalue weighted by Crippen LogP contribution is -2.38. The second-order valence-electron chi connectivity index (χ2n) is 7.45. The number of hydrogen-bond acceptors (Lipinski definition) is 5. The predicted molar refractivity (Wildman–Crippen MR) is 110 cm³/mol. The van der Waals surface area contributed by atoms with Crippen molar-refractivity contribution in [3.8, 4) is 5.75 Å². The largest absolute Gasteiger partial charge is 0.484 e. The number of aromatic nitrogens is 2. The fourth-order valence-corrected chi connectivity index (χ4v) is 4.70. The van der Waals surface area contributed by atoms with Crippen molar-refractivity contribution in [1.29, 1.82) is 0 Å². The highest BCUT2D eigenvalue weighted by atomic mass is 32.1. The highest BCUT2D eigenvalue weighted by molar-refractivity contribution is 7.18. The van der Waals surface area contributed by atoms with Gasteiger partial charge < -0.3 is 9.64 Å². The smallest absolute Gasteiger partial charge is 0.262 e. The summed E-state index contributed by atoms with van der Waals surface area (Å²) >= 11 is 1.52. The van der Waals surface area contributed by atoms with Gasteiger partial charge in [0.1, 0.15) is 10.6 Å². The van der Waals surface area contributed by atoms with Crippen LogP contribution in [0.15, 0.2) is 41.5 Å². The van der Waals surface area contributed by atoms with Crippen molar-refractivity contribution in [3.05, 3.63) is 57.5 Å². The molecule has 28 heavy (non-hydrogen) atoms. The van der Waals surface area contributed by atoms with Gasteiger partial charge in [-0.25, -0.2) is 4.98 Å². The van der Waals surface area contributed by atoms with E-state index < -0.39 is 0 Å². The van der Waals surface area contributed by atoms with Crippen LogP contribution in [0.2, 0.25) is 0 Å². The molecule has 0 radical (unpaired) electrons. The number of carbonyl (C=O) groups is 1. The number of amides is 1. The molecule has 0 unspecified atom stereocenters. The fraction of sp³-hybridized carbons (Fsp3) is 0.381. The minimum Gasteiger partial charge on any atom is -0.484 e. The first kappa shape index (κ1) is 18.7. The highest BCUT2D eigenvalue weighted by Crippen LogP contribution is 2.32. The molecule has 0 saturated carbocycles. The standard InChI is InChI=1S/C21H23N3O3S/c1-14(2)10-24-13-22-20-19(21(24)26)16-8-9-23(11-17(16)28-20)18(25)12-27-15-6-4-3-5-7-15/h3-7,13-14H,8-12H2,1-2H3. The van der Waals surface area contributed by atoms with Gasteiger partial charge in [0, 0.05) is 18.0 Å². The second-order valence-corrected chi connectivity index (χ2v) is 8.53. The van der Waals surface area contributed by atoms with Gasteiger partial charge in [-0.2, -0.15) is 0 Å². The van der Waals surface area contributed by atoms with Crippen molar-refractivity contribution in [1.82, 2.24) is 14.5 Å². The van der Waals surface area contributed by atoms with Gasteiger partial charge >= 0.3 is 0 Å². The molecule has 3 aromatic rings. The Kier molecular flexibility index (Phi) is 5.17. The Balaban J connectivity index is 1.52. The van der Waals surface area contributed by atoms with Gasteiger partial charge in [0.05, 0.1) is 18.3 Å². The molecule has 0 spiro atoms. The van der Waals surface area contributed by atoms with E-state index in [4.69, 9.17) is 4.74 Å². The third-order valence-corrected chi connectivity index (χ3v) is 5.97. The molecule has 1 amide bonds. The van der Waals surface area contributed by atoms with Crippen LogP contribution in [0.4, 0.5) is 0 Å². The molecule has 6 nitrogen and oxygen atoms in total. The third kappa shape index (κ3) is 3.67. The summed E-state index contributed by atoms with van der Waals surface area (Å²) in [7, 11) is 0. The summed E-state index contributed by atoms with van der Waals surface area (Å²) in [4.78, 5) is 33.6. The number of carbonyl (C=O) groups excluding carboxylic acids is 1. The van der Waals surface area contributed by atoms with Crippen molar-refractivity contribution in [2.75, 3.05) is 13.2 Å². The Bertz CT molecular complexity index is 1060. The lowest BCUT2D eigenvalue weighted by Gasteiger charge is -2.27. The first-order valence-corrected chi connectivity index (χ1v) is 10.3. The highest BCUT2D eigenvalue weighted by Gasteiger charge is 2.26. The molecule has 0 saturated heterocycles. The summed E-state index contributed by atoms with van der Waals surface area (Å²) in [6.07, 6.45) is 2.32. The number of nitrogens with zero attached hydrogens (tertiary/aromatic N) is 3. The van der Waals surface area contributed by atoms with Crippen molar-refractivity contribution in [2.24, 2.45) is 5.92 Å². The number of benzene rings is 1. The van der Waals surface area contributed by atoms with Gasteiger partial charge in [-0.15, -0.1) is 11.3 Å². The van der Waals surface area contributed by atoms with E-state index in [0.29, 0.717) is 37.7 Å². The number of fused-ring (bicyclic) bond motifs is 3. The Morgan fingerprint density at radius 3 is 2.82 bits per heavy atom. The third-order valence-electron chi connectivity index (χ3n) is 4.85. The van der Waals surface area contributed by atoms with Crippen LogP contribution >= 0.6 is 11.3 Å². The summed E-state index contributed by atoms with van der Waals surface area (Å²) in [5.41, 5.74) is 1.09. The van der Waals surface area contributed by atoms with Crippen LogP contribution in [0.5, 0.6) is 5.75 Å². The number of hydrogen-bond donors (Lipinski definition) is 0. The van der Waals surface area contributed by atoms with Gasteiger partial charge in [0.2, 0.25) is 0 Å². The van der Waals surface area contributed by atoms with E-state index in [1.165, 1.54) is 11.3 Å². The van der Waals surface area contributed by atoms with E-state index in [1.807, 2.05) is 30.3 Å². The molecule has 146 valence electrons. The van der Waals surface area contributed by atoms with Gasteiger partial charge in [0.15, 0.2) is 6.61 Å². The maximum Gasteiger partial charge on any atom is 0.262 e. The molecule has 2 aromatic heterocycles. The van der Waals surface area contributed by atoms with Crippen molar-refractivity contribution >= 4 is 27.5 Å². The minimum absolute atomic E-state index is 0.0175. The van der Waals surface area contributed by atoms with E-state index in [-0.39, 0.29) is 18.1 Å². The quantitative estimate of drug-likeness (QED) is 0.664. The van der Waals surface area contributed by atoms with E-state index in [9.17, 15) is 9.59 Å². The number of thiophene rings is 1. The first-order valence-electron chi connectivity index (χ1n) is 9.48. The van der Waals surface area contributed by atoms with E-state index in [1.54, 1.807) is 15.8 Å². The molecule has 1 aromatic carbocycles. The van der Waals surface area contributed by atoms with Crippen LogP contribution in [0, 0.1) is 5.92 Å². The number of para-hydroxylation sites is 1. The van der Waals surface area contributed by atoms with Gasteiger partial charge in [-0.3, -0.25) is 14.2 Å². The van der Waals surface area contributed by atoms with Crippen LogP contribution in [-0.2, 0) is 24.3 Å². The molecule has 3 heterocycles. The average Bonchev–Trinajstić information content (AvgIpc) is 3.07. The predicted octanol–water partition coefficient (Wildman–Crippen LogP) is 3.08. The maximum absolute atomic E-state index is 12.9. The van der Waals surface area contributed by atoms with Gasteiger partial charge in [-0.05, 0) is 30.0 Å². The molecule has 0 atom stereocenters. The summed E-state index contributed by atoms with van der Waals surface area (Å²) in [5.74, 6) is 1.02. The molecule has 0 aliphatic carbocycles. The Labute approximate surface area is 167 Å². The van der Waals surface area contributed by atoms with E-state index in [0.717, 1.165) is 20.7 Å². The topological polar surface area (TPSA) is 64.4 Å². The monoisotopic (exact) mass is 397 g/mol. The van der Waals surface area contributed by atoms with Crippen LogP contribution in [-0.4, -0.2) is 33.5 Å². The molecule has 0 bridgehead atoms. The molecule has 7 heteroatoms. The van der Waals surface area contributed by atoms with Crippen molar-refractivity contribution in [3.63, 3.8) is 0 Å². The second kappa shape index (κ2) is 7.75. The fourth-order valence-electron chi connectivity index (χ4n) is 3.51. The lowest BCUT2D eigenvalue weighted by atomic mass is 10.1. The van der Waals surface area contributed by atoms with Crippen LogP contribution in [0.3, 0.4) is 0 Å². The van der Waals surface area contributed by atoms with Crippen molar-refractivity contribution < 1.29 is 9.53 Å². The summed E-state index contributed by atoms with van der Waals surface area (Å²) in [5, 5.41) is 0.732. The lowest BCUT2D eigenvalue weighted by molar-refractivity contribution is -0.134. The zero-order chi connectivity index (χ0) is 19.7. The van der Waals surface area contributed by atoms with E-state index >= 15 is 0 Å². The van der Waals surface area contributed by atoms with Gasteiger partial charge in [0.25, 0.3) is 11.5 Å². The molecular weight excluding hydrogens is 374 g/mol. The van der Waals surface area contributed by atoms with E-state index in [2.05, 4.69) is 18.8 Å². The zero-order valence-corrected chi connectivity index (χ0v) is 16.9. The SMILES string of the molecule is CC(C)Cn1cnc2sc3c(c2c1=O)CCN(C(=O)COc1ccccc1)C3. The Morgan fingerprint density at radius 1 is 1.29 bits per heavy atom. The maximum atomic E-state index is 12.9. The normalized spacial score (nSPS) is 13.8.